The first kappa shape index (κ1) is 18.9. The number of rotatable bonds is 3. The quantitative estimate of drug-likeness (QED) is 0.525. The maximum Gasteiger partial charge on any atom is 0.295 e. The monoisotopic (exact) mass is 416 g/mol. The van der Waals surface area contributed by atoms with Crippen LogP contribution in [0.25, 0.3) is 10.9 Å². The molecule has 1 saturated heterocycles. The molecule has 6 nitrogen and oxygen atoms in total. The molecule has 0 radical (unpaired) electrons. The number of para-hydroxylation sites is 1. The van der Waals surface area contributed by atoms with Crippen LogP contribution in [0.15, 0.2) is 41.8 Å². The van der Waals surface area contributed by atoms with Crippen molar-refractivity contribution in [2.24, 2.45) is 0 Å². The Labute approximate surface area is 167 Å². The van der Waals surface area contributed by atoms with Gasteiger partial charge in [-0.2, -0.15) is 0 Å². The lowest BCUT2D eigenvalue weighted by atomic mass is 10.1. The number of hydrogen-bond donors (Lipinski definition) is 1. The standard InChI is InChI=1S/C20H20N2O4S2/c1-13-18(14-5-2-3-6-15(14)21-13)19(23)20(24)22-9-8-17(16-7-4-11-27-16)28(25,26)12-10-22/h2-7,11,17,21H,8-10,12H2,1H3. The minimum atomic E-state index is -3.37. The van der Waals surface area contributed by atoms with Crippen molar-refractivity contribution in [3.63, 3.8) is 0 Å². The third-order valence-corrected chi connectivity index (χ3v) is 8.45. The molecule has 1 amide bonds. The zero-order valence-electron chi connectivity index (χ0n) is 15.3. The lowest BCUT2D eigenvalue weighted by Gasteiger charge is -2.19. The Balaban J connectivity index is 1.60. The van der Waals surface area contributed by atoms with Gasteiger partial charge in [-0.05, 0) is 30.9 Å². The molecule has 1 aromatic carbocycles. The van der Waals surface area contributed by atoms with E-state index in [1.54, 1.807) is 13.0 Å². The van der Waals surface area contributed by atoms with Crippen LogP contribution in [0.5, 0.6) is 0 Å². The third-order valence-electron chi connectivity index (χ3n) is 5.20. The van der Waals surface area contributed by atoms with E-state index in [2.05, 4.69) is 4.98 Å². The second kappa shape index (κ2) is 7.18. The number of ketones is 1. The van der Waals surface area contributed by atoms with Gasteiger partial charge in [-0.3, -0.25) is 9.59 Å². The number of thiophene rings is 1. The number of Topliss-reactive ketones (excluding diaryl/α,β-unsaturated/α-hetero) is 1. The van der Waals surface area contributed by atoms with Crippen LogP contribution in [0.3, 0.4) is 0 Å². The highest BCUT2D eigenvalue weighted by molar-refractivity contribution is 7.91. The van der Waals surface area contributed by atoms with Gasteiger partial charge in [-0.25, -0.2) is 8.42 Å². The first-order valence-corrected chi connectivity index (χ1v) is 11.6. The van der Waals surface area contributed by atoms with Crippen molar-refractivity contribution in [1.82, 2.24) is 9.88 Å². The maximum atomic E-state index is 13.0. The molecule has 1 aliphatic rings. The Morgan fingerprint density at radius 1 is 1.14 bits per heavy atom. The molecule has 1 N–H and O–H groups in total. The molecule has 28 heavy (non-hydrogen) atoms. The van der Waals surface area contributed by atoms with Crippen LogP contribution in [0, 0.1) is 6.92 Å². The summed E-state index contributed by atoms with van der Waals surface area (Å²) in [6.45, 7) is 2.05. The molecule has 0 spiro atoms. The van der Waals surface area contributed by atoms with Crippen molar-refractivity contribution in [2.75, 3.05) is 18.8 Å². The summed E-state index contributed by atoms with van der Waals surface area (Å²) in [5.41, 5.74) is 1.80. The normalized spacial score (nSPS) is 19.5. The molecule has 1 aliphatic heterocycles. The van der Waals surface area contributed by atoms with Crippen molar-refractivity contribution >= 4 is 43.8 Å². The van der Waals surface area contributed by atoms with E-state index in [0.29, 0.717) is 23.1 Å². The molecular weight excluding hydrogens is 396 g/mol. The fraction of sp³-hybridized carbons (Fsp3) is 0.300. The van der Waals surface area contributed by atoms with Crippen LogP contribution < -0.4 is 0 Å². The van der Waals surface area contributed by atoms with Gasteiger partial charge in [0.1, 0.15) is 0 Å². The van der Waals surface area contributed by atoms with E-state index in [0.717, 1.165) is 10.4 Å². The largest absolute Gasteiger partial charge is 0.358 e. The van der Waals surface area contributed by atoms with Gasteiger partial charge >= 0.3 is 0 Å². The molecule has 0 saturated carbocycles. The van der Waals surface area contributed by atoms with Gasteiger partial charge in [0.2, 0.25) is 0 Å². The highest BCUT2D eigenvalue weighted by Gasteiger charge is 2.35. The minimum absolute atomic E-state index is 0.0379. The summed E-state index contributed by atoms with van der Waals surface area (Å²) in [6, 6.07) is 11.0. The molecule has 1 fully saturated rings. The molecule has 1 unspecified atom stereocenters. The first-order chi connectivity index (χ1) is 13.4. The molecular formula is C20H20N2O4S2. The molecule has 1 atom stereocenters. The van der Waals surface area contributed by atoms with Gasteiger partial charge in [0, 0.05) is 34.6 Å². The van der Waals surface area contributed by atoms with Gasteiger partial charge < -0.3 is 9.88 Å². The second-order valence-corrected chi connectivity index (χ2v) is 10.2. The summed E-state index contributed by atoms with van der Waals surface area (Å²) in [7, 11) is -3.37. The zero-order valence-corrected chi connectivity index (χ0v) is 17.0. The van der Waals surface area contributed by atoms with E-state index < -0.39 is 26.8 Å². The average Bonchev–Trinajstić information content (AvgIpc) is 3.26. The molecule has 0 bridgehead atoms. The highest BCUT2D eigenvalue weighted by atomic mass is 32.2. The van der Waals surface area contributed by atoms with Crippen molar-refractivity contribution < 1.29 is 18.0 Å². The molecule has 3 heterocycles. The number of nitrogens with one attached hydrogen (secondary N) is 1. The Hall–Kier alpha value is -2.45. The minimum Gasteiger partial charge on any atom is -0.358 e. The summed E-state index contributed by atoms with van der Waals surface area (Å²) < 4.78 is 25.3. The van der Waals surface area contributed by atoms with Crippen LogP contribution in [0.1, 0.15) is 32.6 Å². The molecule has 2 aromatic heterocycles. The lowest BCUT2D eigenvalue weighted by Crippen LogP contribution is -2.38. The number of amides is 1. The van der Waals surface area contributed by atoms with Crippen LogP contribution in [-0.4, -0.2) is 48.8 Å². The molecule has 4 rings (SSSR count). The number of nitrogens with zero attached hydrogens (tertiary/aromatic N) is 1. The first-order valence-electron chi connectivity index (χ1n) is 9.04. The Morgan fingerprint density at radius 2 is 1.93 bits per heavy atom. The summed E-state index contributed by atoms with van der Waals surface area (Å²) in [5, 5.41) is 1.94. The number of fused-ring (bicyclic) bond motifs is 1. The number of sulfone groups is 1. The third kappa shape index (κ3) is 3.27. The van der Waals surface area contributed by atoms with E-state index in [1.807, 2.05) is 35.7 Å². The zero-order chi connectivity index (χ0) is 19.9. The maximum absolute atomic E-state index is 13.0. The fourth-order valence-electron chi connectivity index (χ4n) is 3.76. The summed E-state index contributed by atoms with van der Waals surface area (Å²) in [4.78, 5) is 31.2. The molecule has 3 aromatic rings. The fourth-order valence-corrected chi connectivity index (χ4v) is 6.76. The number of benzene rings is 1. The Bertz CT molecular complexity index is 1150. The number of aryl methyl sites for hydroxylation is 1. The summed E-state index contributed by atoms with van der Waals surface area (Å²) in [5.74, 6) is -1.38. The van der Waals surface area contributed by atoms with Gasteiger partial charge in [-0.1, -0.05) is 24.3 Å². The lowest BCUT2D eigenvalue weighted by molar-refractivity contribution is -0.126. The van der Waals surface area contributed by atoms with Crippen LogP contribution in [0.4, 0.5) is 0 Å². The highest BCUT2D eigenvalue weighted by Crippen LogP contribution is 2.32. The molecule has 8 heteroatoms. The predicted octanol–water partition coefficient (Wildman–Crippen LogP) is 3.11. The van der Waals surface area contributed by atoms with E-state index in [4.69, 9.17) is 0 Å². The number of carbonyl (C=O) groups excluding carboxylic acids is 2. The van der Waals surface area contributed by atoms with E-state index >= 15 is 0 Å². The van der Waals surface area contributed by atoms with Gasteiger partial charge in [-0.15, -0.1) is 11.3 Å². The summed E-state index contributed by atoms with van der Waals surface area (Å²) in [6.07, 6.45) is 0.300. The van der Waals surface area contributed by atoms with Crippen molar-refractivity contribution in [1.29, 1.82) is 0 Å². The average molecular weight is 417 g/mol. The number of carbonyl (C=O) groups is 2. The summed E-state index contributed by atoms with van der Waals surface area (Å²) >= 11 is 1.40. The van der Waals surface area contributed by atoms with E-state index in [1.165, 1.54) is 16.2 Å². The van der Waals surface area contributed by atoms with E-state index in [-0.39, 0.29) is 18.8 Å². The van der Waals surface area contributed by atoms with Crippen molar-refractivity contribution in [2.45, 2.75) is 18.6 Å². The van der Waals surface area contributed by atoms with Gasteiger partial charge in [0.15, 0.2) is 9.84 Å². The number of H-pyrrole nitrogens is 1. The van der Waals surface area contributed by atoms with Crippen molar-refractivity contribution in [3.8, 4) is 0 Å². The van der Waals surface area contributed by atoms with Crippen LogP contribution >= 0.6 is 11.3 Å². The van der Waals surface area contributed by atoms with Crippen molar-refractivity contribution in [3.05, 3.63) is 57.9 Å². The van der Waals surface area contributed by atoms with Crippen LogP contribution in [-0.2, 0) is 14.6 Å². The SMILES string of the molecule is Cc1[nH]c2ccccc2c1C(=O)C(=O)N1CCC(c2cccs2)S(=O)(=O)CC1. The molecule has 146 valence electrons. The topological polar surface area (TPSA) is 87.3 Å². The number of hydrogen-bond acceptors (Lipinski definition) is 5. The Morgan fingerprint density at radius 3 is 2.68 bits per heavy atom. The van der Waals surface area contributed by atoms with Crippen LogP contribution in [0.2, 0.25) is 0 Å². The van der Waals surface area contributed by atoms with Gasteiger partial charge in [0.05, 0.1) is 16.6 Å². The van der Waals surface area contributed by atoms with Gasteiger partial charge in [0.25, 0.3) is 11.7 Å². The second-order valence-electron chi connectivity index (χ2n) is 6.95. The Kier molecular flexibility index (Phi) is 4.84. The number of aromatic amines is 1. The van der Waals surface area contributed by atoms with E-state index in [9.17, 15) is 18.0 Å². The smallest absolute Gasteiger partial charge is 0.295 e. The predicted molar refractivity (Wildman–Crippen MR) is 109 cm³/mol. The number of aromatic nitrogens is 1. The molecule has 0 aliphatic carbocycles.